The molecule has 0 N–H and O–H groups in total. The smallest absolute Gasteiger partial charge is 0.0897 e. The molecule has 2 aromatic carbocycles. The molecule has 0 atom stereocenters. The topological polar surface area (TPSA) is 25.8 Å². The van der Waals surface area contributed by atoms with E-state index in [0.29, 0.717) is 0 Å². The first kappa shape index (κ1) is 12.1. The third-order valence-electron chi connectivity index (χ3n) is 2.94. The van der Waals surface area contributed by atoms with Crippen LogP contribution in [-0.4, -0.2) is 9.97 Å². The zero-order valence-corrected chi connectivity index (χ0v) is 12.7. The molecule has 0 aliphatic rings. The number of nitrogens with zero attached hydrogens (tertiary/aromatic N) is 2. The van der Waals surface area contributed by atoms with E-state index < -0.39 is 0 Å². The first-order valence-electron chi connectivity index (χ1n) is 5.62. The number of benzene rings is 2. The Balaban J connectivity index is 2.36. The molecule has 0 radical (unpaired) electrons. The second-order valence-electron chi connectivity index (χ2n) is 4.07. The summed E-state index contributed by atoms with van der Waals surface area (Å²) in [4.78, 5) is 9.35. The van der Waals surface area contributed by atoms with E-state index in [4.69, 9.17) is 0 Å². The van der Waals surface area contributed by atoms with Crippen molar-refractivity contribution in [3.63, 3.8) is 0 Å². The van der Waals surface area contributed by atoms with Crippen LogP contribution in [0.3, 0.4) is 0 Å². The number of aromatic nitrogens is 2. The van der Waals surface area contributed by atoms with Gasteiger partial charge >= 0.3 is 0 Å². The Hall–Kier alpha value is -1.00. The summed E-state index contributed by atoms with van der Waals surface area (Å²) in [5, 5.41) is 3.85. The quantitative estimate of drug-likeness (QED) is 0.491. The van der Waals surface area contributed by atoms with Gasteiger partial charge in [-0.15, -0.1) is 0 Å². The number of halogens is 2. The molecule has 18 heavy (non-hydrogen) atoms. The third-order valence-corrected chi connectivity index (χ3v) is 4.00. The molecule has 1 aromatic heterocycles. The Morgan fingerprint density at radius 1 is 0.778 bits per heavy atom. The molecule has 1 heterocycles. The monoisotopic (exact) mass is 364 g/mol. The van der Waals surface area contributed by atoms with Crippen LogP contribution in [0.15, 0.2) is 36.4 Å². The number of fused-ring (bicyclic) bond motifs is 2. The molecule has 0 aliphatic heterocycles. The molecule has 3 rings (SSSR count). The summed E-state index contributed by atoms with van der Waals surface area (Å²) in [6.45, 7) is 0. The van der Waals surface area contributed by atoms with E-state index in [0.717, 1.165) is 33.1 Å². The van der Waals surface area contributed by atoms with E-state index >= 15 is 0 Å². The van der Waals surface area contributed by atoms with Crippen LogP contribution in [-0.2, 0) is 10.7 Å². The zero-order chi connectivity index (χ0) is 12.5. The Morgan fingerprint density at radius 2 is 1.22 bits per heavy atom. The molecule has 0 unspecified atom stereocenters. The molecule has 2 nitrogen and oxygen atoms in total. The van der Waals surface area contributed by atoms with Gasteiger partial charge in [0, 0.05) is 10.7 Å². The van der Waals surface area contributed by atoms with Gasteiger partial charge < -0.3 is 0 Å². The van der Waals surface area contributed by atoms with Gasteiger partial charge in [-0.2, -0.15) is 0 Å². The molecular weight excluding hydrogens is 356 g/mol. The van der Waals surface area contributed by atoms with Gasteiger partial charge in [0.2, 0.25) is 0 Å². The lowest BCUT2D eigenvalue weighted by molar-refractivity contribution is 1.08. The van der Waals surface area contributed by atoms with Crippen molar-refractivity contribution in [3.8, 4) is 0 Å². The summed E-state index contributed by atoms with van der Waals surface area (Å²) in [6, 6.07) is 12.5. The van der Waals surface area contributed by atoms with Crippen molar-refractivity contribution in [1.82, 2.24) is 9.97 Å². The summed E-state index contributed by atoms with van der Waals surface area (Å²) in [7, 11) is 0. The molecule has 0 saturated heterocycles. The average Bonchev–Trinajstić information content (AvgIpc) is 2.43. The highest BCUT2D eigenvalue weighted by Crippen LogP contribution is 2.23. The minimum absolute atomic E-state index is 0.726. The summed E-state index contributed by atoms with van der Waals surface area (Å²) < 4.78 is 0. The van der Waals surface area contributed by atoms with Crippen molar-refractivity contribution < 1.29 is 0 Å². The average molecular weight is 366 g/mol. The molecule has 3 aromatic rings. The Morgan fingerprint density at radius 3 is 1.61 bits per heavy atom. The molecule has 90 valence electrons. The Bertz CT molecular complexity index is 663. The molecule has 0 bridgehead atoms. The van der Waals surface area contributed by atoms with Gasteiger partial charge in [-0.1, -0.05) is 56.1 Å². The predicted molar refractivity (Wildman–Crippen MR) is 82.3 cm³/mol. The molecule has 4 heteroatoms. The lowest BCUT2D eigenvalue weighted by Crippen LogP contribution is -1.98. The third kappa shape index (κ3) is 2.04. The number of hydrogen-bond donors (Lipinski definition) is 0. The predicted octanol–water partition coefficient (Wildman–Crippen LogP) is 4.57. The Labute approximate surface area is 122 Å². The normalized spacial score (nSPS) is 11.2. The van der Waals surface area contributed by atoms with Crippen molar-refractivity contribution in [1.29, 1.82) is 0 Å². The lowest BCUT2D eigenvalue weighted by Gasteiger charge is -2.06. The first-order chi connectivity index (χ1) is 8.81. The van der Waals surface area contributed by atoms with Gasteiger partial charge in [0.1, 0.15) is 0 Å². The van der Waals surface area contributed by atoms with Crippen LogP contribution in [0.1, 0.15) is 11.4 Å². The minimum atomic E-state index is 0.726. The molecule has 0 fully saturated rings. The van der Waals surface area contributed by atoms with Gasteiger partial charge in [0.25, 0.3) is 0 Å². The Kier molecular flexibility index (Phi) is 3.31. The SMILES string of the molecule is BrCc1nc2cc3ccccc3cc2nc1CBr. The van der Waals surface area contributed by atoms with Crippen molar-refractivity contribution >= 4 is 53.7 Å². The lowest BCUT2D eigenvalue weighted by atomic mass is 10.1. The second-order valence-corrected chi connectivity index (χ2v) is 5.19. The van der Waals surface area contributed by atoms with Crippen molar-refractivity contribution in [2.24, 2.45) is 0 Å². The van der Waals surface area contributed by atoms with E-state index in [-0.39, 0.29) is 0 Å². The number of rotatable bonds is 2. The summed E-state index contributed by atoms with van der Waals surface area (Å²) in [5.74, 6) is 0. The highest BCUT2D eigenvalue weighted by Gasteiger charge is 2.07. The fourth-order valence-corrected chi connectivity index (χ4v) is 2.93. The highest BCUT2D eigenvalue weighted by atomic mass is 79.9. The van der Waals surface area contributed by atoms with E-state index in [1.807, 2.05) is 12.1 Å². The standard InChI is InChI=1S/C14H10Br2N2/c15-7-13-14(8-16)18-12-6-10-4-2-1-3-9(10)5-11(12)17-13/h1-6H,7-8H2. The fraction of sp³-hybridized carbons (Fsp3) is 0.143. The molecule has 0 aliphatic carbocycles. The number of alkyl halides is 2. The van der Waals surface area contributed by atoms with Crippen LogP contribution in [0.2, 0.25) is 0 Å². The zero-order valence-electron chi connectivity index (χ0n) is 9.53. The van der Waals surface area contributed by atoms with Gasteiger partial charge in [0.05, 0.1) is 22.4 Å². The minimum Gasteiger partial charge on any atom is -0.248 e. The van der Waals surface area contributed by atoms with Gasteiger partial charge in [-0.05, 0) is 22.9 Å². The summed E-state index contributed by atoms with van der Waals surface area (Å²) >= 11 is 6.92. The van der Waals surface area contributed by atoms with Crippen LogP contribution in [0.4, 0.5) is 0 Å². The maximum atomic E-state index is 4.68. The largest absolute Gasteiger partial charge is 0.248 e. The van der Waals surface area contributed by atoms with Gasteiger partial charge in [0.15, 0.2) is 0 Å². The van der Waals surface area contributed by atoms with E-state index in [1.54, 1.807) is 0 Å². The molecule has 0 amide bonds. The van der Waals surface area contributed by atoms with Crippen LogP contribution in [0, 0.1) is 0 Å². The summed E-state index contributed by atoms with van der Waals surface area (Å²) in [6.07, 6.45) is 0. The number of hydrogen-bond acceptors (Lipinski definition) is 2. The van der Waals surface area contributed by atoms with Gasteiger partial charge in [-0.25, -0.2) is 9.97 Å². The van der Waals surface area contributed by atoms with Crippen molar-refractivity contribution in [2.45, 2.75) is 10.7 Å². The maximum Gasteiger partial charge on any atom is 0.0897 e. The molecule has 0 saturated carbocycles. The second kappa shape index (κ2) is 4.94. The molecular formula is C14H10Br2N2. The van der Waals surface area contributed by atoms with Crippen LogP contribution in [0.25, 0.3) is 21.8 Å². The van der Waals surface area contributed by atoms with Crippen LogP contribution < -0.4 is 0 Å². The molecule has 0 spiro atoms. The van der Waals surface area contributed by atoms with Crippen molar-refractivity contribution in [2.75, 3.05) is 0 Å². The van der Waals surface area contributed by atoms with Gasteiger partial charge in [-0.3, -0.25) is 0 Å². The highest BCUT2D eigenvalue weighted by molar-refractivity contribution is 9.09. The van der Waals surface area contributed by atoms with E-state index in [1.165, 1.54) is 10.8 Å². The van der Waals surface area contributed by atoms with Crippen LogP contribution in [0.5, 0.6) is 0 Å². The maximum absolute atomic E-state index is 4.68. The first-order valence-corrected chi connectivity index (χ1v) is 7.86. The summed E-state index contributed by atoms with van der Waals surface area (Å²) in [5.41, 5.74) is 3.89. The van der Waals surface area contributed by atoms with E-state index in [9.17, 15) is 0 Å². The van der Waals surface area contributed by atoms with Crippen molar-refractivity contribution in [3.05, 3.63) is 47.8 Å². The van der Waals surface area contributed by atoms with E-state index in [2.05, 4.69) is 66.1 Å². The fourth-order valence-electron chi connectivity index (χ4n) is 2.03. The van der Waals surface area contributed by atoms with Crippen LogP contribution >= 0.6 is 31.9 Å².